The minimum atomic E-state index is -4.58. The summed E-state index contributed by atoms with van der Waals surface area (Å²) in [6, 6.07) is 0.193. The molecule has 2 amide bonds. The van der Waals surface area contributed by atoms with Gasteiger partial charge < -0.3 is 10.2 Å². The Morgan fingerprint density at radius 3 is 2.57 bits per heavy atom. The molecule has 0 radical (unpaired) electrons. The van der Waals surface area contributed by atoms with E-state index in [-0.39, 0.29) is 34.8 Å². The van der Waals surface area contributed by atoms with Crippen molar-refractivity contribution >= 4 is 28.3 Å². The summed E-state index contributed by atoms with van der Waals surface area (Å²) < 4.78 is 37.4. The van der Waals surface area contributed by atoms with Gasteiger partial charge in [-0.2, -0.15) is 13.2 Å². The molecule has 2 aliphatic rings. The minimum Gasteiger partial charge on any atom is -0.339 e. The SMILES string of the molecule is O=C(Nc1nnc(C(F)(F)F)s1)C1CC(=O)N(C2CCCC2)C1. The van der Waals surface area contributed by atoms with E-state index in [0.29, 0.717) is 6.54 Å². The second-order valence-corrected chi connectivity index (χ2v) is 6.76. The lowest BCUT2D eigenvalue weighted by molar-refractivity contribution is -0.138. The quantitative estimate of drug-likeness (QED) is 0.909. The van der Waals surface area contributed by atoms with Crippen molar-refractivity contribution in [1.29, 1.82) is 0 Å². The summed E-state index contributed by atoms with van der Waals surface area (Å²) >= 11 is 0.276. The lowest BCUT2D eigenvalue weighted by Crippen LogP contribution is -2.35. The van der Waals surface area contributed by atoms with Gasteiger partial charge in [0.1, 0.15) is 0 Å². The van der Waals surface area contributed by atoms with Crippen LogP contribution in [0.3, 0.4) is 0 Å². The third-order valence-corrected chi connectivity index (χ3v) is 5.08. The maximum Gasteiger partial charge on any atom is 0.445 e. The first-order chi connectivity index (χ1) is 10.8. The Morgan fingerprint density at radius 1 is 1.26 bits per heavy atom. The Balaban J connectivity index is 1.60. The lowest BCUT2D eigenvalue weighted by Gasteiger charge is -2.23. The fraction of sp³-hybridized carbons (Fsp3) is 0.692. The van der Waals surface area contributed by atoms with Crippen molar-refractivity contribution in [3.8, 4) is 0 Å². The molecule has 1 N–H and O–H groups in total. The van der Waals surface area contributed by atoms with Crippen LogP contribution in [0.15, 0.2) is 0 Å². The van der Waals surface area contributed by atoms with E-state index in [4.69, 9.17) is 0 Å². The smallest absolute Gasteiger partial charge is 0.339 e. The van der Waals surface area contributed by atoms with Crippen LogP contribution in [-0.2, 0) is 15.8 Å². The van der Waals surface area contributed by atoms with E-state index in [9.17, 15) is 22.8 Å². The highest BCUT2D eigenvalue weighted by molar-refractivity contribution is 7.15. The number of hydrogen-bond acceptors (Lipinski definition) is 5. The maximum absolute atomic E-state index is 12.5. The van der Waals surface area contributed by atoms with Gasteiger partial charge in [-0.15, -0.1) is 10.2 Å². The van der Waals surface area contributed by atoms with Gasteiger partial charge in [0.05, 0.1) is 5.92 Å². The van der Waals surface area contributed by atoms with Crippen molar-refractivity contribution in [3.63, 3.8) is 0 Å². The number of carbonyl (C=O) groups is 2. The summed E-state index contributed by atoms with van der Waals surface area (Å²) in [7, 11) is 0. The van der Waals surface area contributed by atoms with Gasteiger partial charge >= 0.3 is 6.18 Å². The number of nitrogens with zero attached hydrogens (tertiary/aromatic N) is 3. The Morgan fingerprint density at radius 2 is 1.96 bits per heavy atom. The number of halogens is 3. The molecule has 1 aliphatic carbocycles. The molecule has 1 aromatic heterocycles. The van der Waals surface area contributed by atoms with Crippen LogP contribution in [0.5, 0.6) is 0 Å². The van der Waals surface area contributed by atoms with E-state index in [1.165, 1.54) is 0 Å². The van der Waals surface area contributed by atoms with E-state index >= 15 is 0 Å². The summed E-state index contributed by atoms with van der Waals surface area (Å²) in [4.78, 5) is 25.9. The number of nitrogens with one attached hydrogen (secondary N) is 1. The number of aromatic nitrogens is 2. The van der Waals surface area contributed by atoms with Gasteiger partial charge in [-0.25, -0.2) is 0 Å². The van der Waals surface area contributed by atoms with Crippen LogP contribution in [-0.4, -0.2) is 39.5 Å². The molecule has 2 fully saturated rings. The van der Waals surface area contributed by atoms with Gasteiger partial charge in [0.2, 0.25) is 22.0 Å². The van der Waals surface area contributed by atoms with Crippen molar-refractivity contribution in [2.75, 3.05) is 11.9 Å². The molecule has 0 bridgehead atoms. The second kappa shape index (κ2) is 6.06. The number of hydrogen-bond donors (Lipinski definition) is 1. The van der Waals surface area contributed by atoms with Crippen molar-refractivity contribution in [1.82, 2.24) is 15.1 Å². The van der Waals surface area contributed by atoms with Gasteiger partial charge in [0.15, 0.2) is 0 Å². The Hall–Kier alpha value is -1.71. The Labute approximate surface area is 134 Å². The molecule has 1 saturated heterocycles. The zero-order valence-corrected chi connectivity index (χ0v) is 12.9. The molecule has 10 heteroatoms. The molecule has 1 saturated carbocycles. The zero-order valence-electron chi connectivity index (χ0n) is 12.1. The predicted octanol–water partition coefficient (Wildman–Crippen LogP) is 2.29. The summed E-state index contributed by atoms with van der Waals surface area (Å²) in [6.07, 6.45) is -0.431. The predicted molar refractivity (Wildman–Crippen MR) is 75.6 cm³/mol. The van der Waals surface area contributed by atoms with E-state index in [1.54, 1.807) is 4.90 Å². The molecule has 1 aromatic rings. The van der Waals surface area contributed by atoms with Gasteiger partial charge in [-0.1, -0.05) is 24.2 Å². The summed E-state index contributed by atoms with van der Waals surface area (Å²) in [6.45, 7) is 0.320. The number of anilines is 1. The highest BCUT2D eigenvalue weighted by atomic mass is 32.1. The number of rotatable bonds is 3. The largest absolute Gasteiger partial charge is 0.445 e. The summed E-state index contributed by atoms with van der Waals surface area (Å²) in [5, 5.41) is 7.37. The Kier molecular flexibility index (Phi) is 4.26. The Bertz CT molecular complexity index is 613. The van der Waals surface area contributed by atoms with Gasteiger partial charge in [-0.05, 0) is 12.8 Å². The molecule has 0 aromatic carbocycles. The van der Waals surface area contributed by atoms with E-state index in [2.05, 4.69) is 15.5 Å². The van der Waals surface area contributed by atoms with E-state index in [0.717, 1.165) is 25.7 Å². The van der Waals surface area contributed by atoms with E-state index in [1.807, 2.05) is 0 Å². The lowest BCUT2D eigenvalue weighted by atomic mass is 10.1. The number of likely N-dealkylation sites (tertiary alicyclic amines) is 1. The van der Waals surface area contributed by atoms with Crippen LogP contribution in [0.4, 0.5) is 18.3 Å². The monoisotopic (exact) mass is 348 g/mol. The van der Waals surface area contributed by atoms with Crippen molar-refractivity contribution in [2.24, 2.45) is 5.92 Å². The van der Waals surface area contributed by atoms with Gasteiger partial charge in [-0.3, -0.25) is 9.59 Å². The molecule has 2 heterocycles. The summed E-state index contributed by atoms with van der Waals surface area (Å²) in [5.74, 6) is -1.10. The van der Waals surface area contributed by atoms with Crippen LogP contribution in [0.25, 0.3) is 0 Å². The topological polar surface area (TPSA) is 75.2 Å². The standard InChI is InChI=1S/C13H15F3N4O2S/c14-13(15,16)11-18-19-12(23-11)17-10(22)7-5-9(21)20(6-7)8-3-1-2-4-8/h7-8H,1-6H2,(H,17,19,22). The number of alkyl halides is 3. The van der Waals surface area contributed by atoms with Crippen LogP contribution in [0, 0.1) is 5.92 Å². The fourth-order valence-corrected chi connectivity index (χ4v) is 3.69. The first kappa shape index (κ1) is 16.2. The minimum absolute atomic E-state index is 0.0645. The molecule has 0 spiro atoms. The second-order valence-electron chi connectivity index (χ2n) is 5.78. The molecule has 1 atom stereocenters. The average molecular weight is 348 g/mol. The van der Waals surface area contributed by atoms with Crippen LogP contribution >= 0.6 is 11.3 Å². The summed E-state index contributed by atoms with van der Waals surface area (Å²) in [5.41, 5.74) is 0. The number of amides is 2. The van der Waals surface area contributed by atoms with Crippen LogP contribution < -0.4 is 5.32 Å². The van der Waals surface area contributed by atoms with E-state index < -0.39 is 23.0 Å². The third-order valence-electron chi connectivity index (χ3n) is 4.19. The molecule has 3 rings (SSSR count). The van der Waals surface area contributed by atoms with Crippen molar-refractivity contribution in [2.45, 2.75) is 44.3 Å². The molecule has 1 unspecified atom stereocenters. The first-order valence-electron chi connectivity index (χ1n) is 7.35. The molecular formula is C13H15F3N4O2S. The molecule has 126 valence electrons. The molecule has 1 aliphatic heterocycles. The fourth-order valence-electron chi connectivity index (χ4n) is 3.07. The average Bonchev–Trinajstić information content (AvgIpc) is 3.16. The molecule has 23 heavy (non-hydrogen) atoms. The molecular weight excluding hydrogens is 333 g/mol. The number of carbonyl (C=O) groups excluding carboxylic acids is 2. The van der Waals surface area contributed by atoms with Gasteiger partial charge in [0, 0.05) is 19.0 Å². The van der Waals surface area contributed by atoms with Crippen LogP contribution in [0.2, 0.25) is 0 Å². The first-order valence-corrected chi connectivity index (χ1v) is 8.17. The highest BCUT2D eigenvalue weighted by Crippen LogP contribution is 2.34. The van der Waals surface area contributed by atoms with Crippen LogP contribution in [0.1, 0.15) is 37.1 Å². The maximum atomic E-state index is 12.5. The zero-order chi connectivity index (χ0) is 16.6. The van der Waals surface area contributed by atoms with Gasteiger partial charge in [0.25, 0.3) is 0 Å². The van der Waals surface area contributed by atoms with Crippen molar-refractivity contribution in [3.05, 3.63) is 5.01 Å². The highest BCUT2D eigenvalue weighted by Gasteiger charge is 2.39. The van der Waals surface area contributed by atoms with Crippen molar-refractivity contribution < 1.29 is 22.8 Å². The third kappa shape index (κ3) is 3.46. The molecule has 6 nitrogen and oxygen atoms in total. The normalized spacial score (nSPS) is 22.8.